The molecule has 1 aliphatic heterocycles. The Kier molecular flexibility index (Phi) is 6.19. The molecule has 0 N–H and O–H groups in total. The van der Waals surface area contributed by atoms with Crippen molar-refractivity contribution in [2.45, 2.75) is 24.7 Å². The minimum absolute atomic E-state index is 0.145. The summed E-state index contributed by atoms with van der Waals surface area (Å²) in [5.74, 6) is 0.750. The topological polar surface area (TPSA) is 9.23 Å². The van der Waals surface area contributed by atoms with Crippen LogP contribution in [0.25, 0.3) is 0 Å². The lowest BCUT2D eigenvalue weighted by atomic mass is 9.75. The van der Waals surface area contributed by atoms with E-state index < -0.39 is 0 Å². The molecule has 1 aromatic carbocycles. The van der Waals surface area contributed by atoms with E-state index in [0.29, 0.717) is 0 Å². The van der Waals surface area contributed by atoms with E-state index in [-0.39, 0.29) is 5.41 Å². The average molecular weight is 411 g/mol. The van der Waals surface area contributed by atoms with E-state index in [1.807, 2.05) is 12.1 Å². The smallest absolute Gasteiger partial charge is 0.0468 e. The molecule has 1 aromatic rings. The number of rotatable bonds is 5. The number of alkyl halides is 2. The van der Waals surface area contributed by atoms with Crippen LogP contribution in [-0.2, 0) is 10.2 Å². The van der Waals surface area contributed by atoms with Crippen molar-refractivity contribution in [1.82, 2.24) is 0 Å². The van der Waals surface area contributed by atoms with Gasteiger partial charge in [-0.2, -0.15) is 0 Å². The van der Waals surface area contributed by atoms with E-state index in [0.717, 1.165) is 34.8 Å². The highest BCUT2D eigenvalue weighted by Crippen LogP contribution is 2.38. The summed E-state index contributed by atoms with van der Waals surface area (Å²) in [6.07, 6.45) is 3.54. The first-order valence-electron chi connectivity index (χ1n) is 6.66. The molecule has 0 saturated carbocycles. The zero-order valence-electron chi connectivity index (χ0n) is 10.9. The molecule has 0 aliphatic carbocycles. The fourth-order valence-electron chi connectivity index (χ4n) is 2.72. The molecule has 0 amide bonds. The van der Waals surface area contributed by atoms with Crippen molar-refractivity contribution in [1.29, 1.82) is 0 Å². The van der Waals surface area contributed by atoms with Gasteiger partial charge in [-0.1, -0.05) is 55.6 Å². The van der Waals surface area contributed by atoms with E-state index in [4.69, 9.17) is 16.3 Å². The number of benzene rings is 1. The second-order valence-corrected chi connectivity index (χ2v) is 6.87. The summed E-state index contributed by atoms with van der Waals surface area (Å²) in [5.41, 5.74) is 1.50. The zero-order valence-corrected chi connectivity index (χ0v) is 14.8. The van der Waals surface area contributed by atoms with Gasteiger partial charge in [-0.15, -0.1) is 0 Å². The fraction of sp³-hybridized carbons (Fsp3) is 0.600. The summed E-state index contributed by atoms with van der Waals surface area (Å²) in [6, 6.07) is 8.29. The van der Waals surface area contributed by atoms with E-state index in [1.54, 1.807) is 0 Å². The monoisotopic (exact) mass is 408 g/mol. The van der Waals surface area contributed by atoms with Crippen LogP contribution in [0.15, 0.2) is 24.3 Å². The summed E-state index contributed by atoms with van der Waals surface area (Å²) in [4.78, 5) is 0. The van der Waals surface area contributed by atoms with Crippen LogP contribution in [0.2, 0.25) is 5.02 Å². The van der Waals surface area contributed by atoms with E-state index in [9.17, 15) is 0 Å². The maximum absolute atomic E-state index is 6.00. The normalized spacial score (nSPS) is 17.6. The molecule has 0 radical (unpaired) electrons. The number of ether oxygens (including phenoxy) is 1. The third-order valence-corrected chi connectivity index (χ3v) is 6.39. The van der Waals surface area contributed by atoms with Gasteiger partial charge in [0.05, 0.1) is 0 Å². The van der Waals surface area contributed by atoms with Gasteiger partial charge in [0.15, 0.2) is 0 Å². The highest BCUT2D eigenvalue weighted by molar-refractivity contribution is 9.09. The van der Waals surface area contributed by atoms with Crippen molar-refractivity contribution in [3.8, 4) is 0 Å². The van der Waals surface area contributed by atoms with Crippen LogP contribution in [0.5, 0.6) is 0 Å². The second-order valence-electron chi connectivity index (χ2n) is 5.31. The predicted octanol–water partition coefficient (Wildman–Crippen LogP) is 5.18. The molecule has 4 heteroatoms. The molecule has 0 aromatic heterocycles. The Labute approximate surface area is 137 Å². The van der Waals surface area contributed by atoms with Gasteiger partial charge >= 0.3 is 0 Å². The number of halogens is 3. The van der Waals surface area contributed by atoms with Gasteiger partial charge in [0.25, 0.3) is 0 Å². The van der Waals surface area contributed by atoms with Crippen LogP contribution >= 0.6 is 43.5 Å². The van der Waals surface area contributed by atoms with Crippen molar-refractivity contribution in [3.05, 3.63) is 34.9 Å². The lowest BCUT2D eigenvalue weighted by Crippen LogP contribution is -2.34. The Morgan fingerprint density at radius 3 is 2.21 bits per heavy atom. The molecule has 0 spiro atoms. The first kappa shape index (κ1) is 15.8. The van der Waals surface area contributed by atoms with Gasteiger partial charge in [0.1, 0.15) is 0 Å². The minimum Gasteiger partial charge on any atom is -0.381 e. The summed E-state index contributed by atoms with van der Waals surface area (Å²) in [6.45, 7) is 1.82. The Bertz CT molecular complexity index is 384. The molecule has 0 unspecified atom stereocenters. The molecule has 0 atom stereocenters. The number of hydrogen-bond acceptors (Lipinski definition) is 1. The first-order valence-corrected chi connectivity index (χ1v) is 9.28. The van der Waals surface area contributed by atoms with Crippen molar-refractivity contribution in [3.63, 3.8) is 0 Å². The molecular formula is C15H19Br2ClO. The molecule has 1 heterocycles. The van der Waals surface area contributed by atoms with E-state index in [1.165, 1.54) is 24.8 Å². The Balaban J connectivity index is 2.18. The lowest BCUT2D eigenvalue weighted by Gasteiger charge is -2.36. The second kappa shape index (κ2) is 7.44. The molecular weight excluding hydrogens is 391 g/mol. The molecule has 1 saturated heterocycles. The molecule has 106 valence electrons. The Morgan fingerprint density at radius 2 is 1.68 bits per heavy atom. The van der Waals surface area contributed by atoms with Crippen LogP contribution in [0.1, 0.15) is 24.8 Å². The highest BCUT2D eigenvalue weighted by atomic mass is 79.9. The van der Waals surface area contributed by atoms with Crippen molar-refractivity contribution < 1.29 is 4.74 Å². The summed E-state index contributed by atoms with van der Waals surface area (Å²) in [7, 11) is 0. The standard InChI is InChI=1S/C15H19Br2ClO/c16-10-15(11-17,9-12-5-7-19-8-6-12)13-1-3-14(18)4-2-13/h1-4,12H,5-11H2. The highest BCUT2D eigenvalue weighted by Gasteiger charge is 2.33. The summed E-state index contributed by atoms with van der Waals surface area (Å²) in [5, 5.41) is 2.72. The van der Waals surface area contributed by atoms with Crippen LogP contribution in [0.4, 0.5) is 0 Å². The van der Waals surface area contributed by atoms with Crippen LogP contribution < -0.4 is 0 Å². The van der Waals surface area contributed by atoms with Crippen LogP contribution in [-0.4, -0.2) is 23.9 Å². The quantitative estimate of drug-likeness (QED) is 0.608. The zero-order chi connectivity index (χ0) is 13.7. The third-order valence-electron chi connectivity index (χ3n) is 3.99. The molecule has 1 fully saturated rings. The first-order chi connectivity index (χ1) is 9.20. The fourth-order valence-corrected chi connectivity index (χ4v) is 4.88. The van der Waals surface area contributed by atoms with Gasteiger partial charge in [0, 0.05) is 34.3 Å². The average Bonchev–Trinajstić information content (AvgIpc) is 2.47. The molecule has 0 bridgehead atoms. The maximum Gasteiger partial charge on any atom is 0.0468 e. The van der Waals surface area contributed by atoms with Gasteiger partial charge < -0.3 is 4.74 Å². The molecule has 2 rings (SSSR count). The van der Waals surface area contributed by atoms with E-state index >= 15 is 0 Å². The summed E-state index contributed by atoms with van der Waals surface area (Å²) < 4.78 is 5.46. The molecule has 1 nitrogen and oxygen atoms in total. The van der Waals surface area contributed by atoms with Gasteiger partial charge in [0.2, 0.25) is 0 Å². The van der Waals surface area contributed by atoms with Gasteiger partial charge in [-0.3, -0.25) is 0 Å². The minimum atomic E-state index is 0.145. The lowest BCUT2D eigenvalue weighted by molar-refractivity contribution is 0.0584. The largest absolute Gasteiger partial charge is 0.381 e. The molecule has 1 aliphatic rings. The van der Waals surface area contributed by atoms with Crippen molar-refractivity contribution in [2.24, 2.45) is 5.92 Å². The Morgan fingerprint density at radius 1 is 1.11 bits per heavy atom. The SMILES string of the molecule is Clc1ccc(C(CBr)(CBr)CC2CCOCC2)cc1. The van der Waals surface area contributed by atoms with Crippen LogP contribution in [0.3, 0.4) is 0 Å². The maximum atomic E-state index is 6.00. The van der Waals surface area contributed by atoms with Crippen molar-refractivity contribution >= 4 is 43.5 Å². The Hall–Kier alpha value is 0.430. The third kappa shape index (κ3) is 3.96. The van der Waals surface area contributed by atoms with Crippen LogP contribution in [0, 0.1) is 5.92 Å². The number of hydrogen-bond donors (Lipinski definition) is 0. The summed E-state index contributed by atoms with van der Waals surface area (Å²) >= 11 is 13.4. The van der Waals surface area contributed by atoms with Gasteiger partial charge in [-0.05, 0) is 42.9 Å². The predicted molar refractivity (Wildman–Crippen MR) is 88.9 cm³/mol. The van der Waals surface area contributed by atoms with Crippen molar-refractivity contribution in [2.75, 3.05) is 23.9 Å². The molecule has 19 heavy (non-hydrogen) atoms. The van der Waals surface area contributed by atoms with Gasteiger partial charge in [-0.25, -0.2) is 0 Å². The van der Waals surface area contributed by atoms with E-state index in [2.05, 4.69) is 44.0 Å².